The molecule has 1 aliphatic heterocycles. The molecule has 0 aliphatic carbocycles. The Kier molecular flexibility index (Phi) is 6.67. The lowest BCUT2D eigenvalue weighted by Gasteiger charge is -2.30. The van der Waals surface area contributed by atoms with E-state index in [1.54, 1.807) is 40.0 Å². The fourth-order valence-electron chi connectivity index (χ4n) is 3.78. The van der Waals surface area contributed by atoms with Crippen LogP contribution < -0.4 is 10.5 Å². The highest BCUT2D eigenvalue weighted by atomic mass is 19.1. The average Bonchev–Trinajstić information content (AvgIpc) is 3.22. The fourth-order valence-corrected chi connectivity index (χ4v) is 3.78. The van der Waals surface area contributed by atoms with Crippen LogP contribution >= 0.6 is 0 Å². The van der Waals surface area contributed by atoms with Crippen molar-refractivity contribution in [2.75, 3.05) is 13.1 Å². The highest BCUT2D eigenvalue weighted by molar-refractivity contribution is 5.96. The Bertz CT molecular complexity index is 1120. The van der Waals surface area contributed by atoms with E-state index in [-0.39, 0.29) is 47.4 Å². The monoisotopic (exact) mass is 454 g/mol. The zero-order valence-corrected chi connectivity index (χ0v) is 17.9. The molecule has 4 rings (SSSR count). The van der Waals surface area contributed by atoms with Crippen molar-refractivity contribution < 1.29 is 23.1 Å². The molecular formula is C24H24F2N4O3. The lowest BCUT2D eigenvalue weighted by molar-refractivity contribution is -0.123. The standard InChI is InChI=1S/C24H24F2N4O3/c25-19-5-1-16(2-6-19)13-30-14-21(24(32)29-11-9-18(10-12-29)22(27)31)23(28-30)33-15-17-3-7-20(26)8-4-17/h1-8,14,18H,9-13,15H2,(H2,27,31). The maximum atomic E-state index is 13.2. The van der Waals surface area contributed by atoms with Gasteiger partial charge in [0.1, 0.15) is 23.8 Å². The number of primary amides is 1. The largest absolute Gasteiger partial charge is 0.471 e. The smallest absolute Gasteiger partial charge is 0.260 e. The van der Waals surface area contributed by atoms with Crippen molar-refractivity contribution in [2.24, 2.45) is 11.7 Å². The Morgan fingerprint density at radius 1 is 0.970 bits per heavy atom. The molecule has 172 valence electrons. The summed E-state index contributed by atoms with van der Waals surface area (Å²) < 4.78 is 33.8. The molecule has 0 saturated carbocycles. The van der Waals surface area contributed by atoms with Gasteiger partial charge in [0.2, 0.25) is 11.8 Å². The Morgan fingerprint density at radius 2 is 1.55 bits per heavy atom. The molecule has 33 heavy (non-hydrogen) atoms. The molecule has 0 radical (unpaired) electrons. The lowest BCUT2D eigenvalue weighted by Crippen LogP contribution is -2.41. The molecule has 1 saturated heterocycles. The van der Waals surface area contributed by atoms with Gasteiger partial charge in [0, 0.05) is 25.2 Å². The van der Waals surface area contributed by atoms with E-state index in [4.69, 9.17) is 10.5 Å². The summed E-state index contributed by atoms with van der Waals surface area (Å²) in [7, 11) is 0. The second-order valence-corrected chi connectivity index (χ2v) is 8.06. The van der Waals surface area contributed by atoms with Crippen molar-refractivity contribution in [3.63, 3.8) is 0 Å². The quantitative estimate of drug-likeness (QED) is 0.594. The van der Waals surface area contributed by atoms with Gasteiger partial charge in [-0.2, -0.15) is 0 Å². The summed E-state index contributed by atoms with van der Waals surface area (Å²) in [5.74, 6) is -1.36. The van der Waals surface area contributed by atoms with Gasteiger partial charge in [-0.15, -0.1) is 5.10 Å². The molecule has 9 heteroatoms. The molecule has 0 unspecified atom stereocenters. The lowest BCUT2D eigenvalue weighted by atomic mass is 9.96. The van der Waals surface area contributed by atoms with Gasteiger partial charge in [0.25, 0.3) is 5.91 Å². The number of carbonyl (C=O) groups excluding carboxylic acids is 2. The van der Waals surface area contributed by atoms with Gasteiger partial charge < -0.3 is 15.4 Å². The number of piperidine rings is 1. The van der Waals surface area contributed by atoms with E-state index in [0.29, 0.717) is 32.5 Å². The molecule has 3 aromatic rings. The molecule has 2 heterocycles. The van der Waals surface area contributed by atoms with E-state index in [0.717, 1.165) is 11.1 Å². The van der Waals surface area contributed by atoms with Gasteiger partial charge in [-0.25, -0.2) is 8.78 Å². The molecule has 2 amide bonds. The number of hydrogen-bond donors (Lipinski definition) is 1. The molecule has 0 bridgehead atoms. The van der Waals surface area contributed by atoms with Crippen LogP contribution in [0, 0.1) is 17.6 Å². The molecule has 2 N–H and O–H groups in total. The van der Waals surface area contributed by atoms with Gasteiger partial charge in [-0.1, -0.05) is 24.3 Å². The average molecular weight is 454 g/mol. The second kappa shape index (κ2) is 9.81. The third-order valence-electron chi connectivity index (χ3n) is 5.69. The van der Waals surface area contributed by atoms with Crippen molar-refractivity contribution >= 4 is 11.8 Å². The van der Waals surface area contributed by atoms with E-state index in [1.807, 2.05) is 0 Å². The maximum Gasteiger partial charge on any atom is 0.260 e. The van der Waals surface area contributed by atoms with Crippen LogP contribution in [0.2, 0.25) is 0 Å². The van der Waals surface area contributed by atoms with E-state index < -0.39 is 0 Å². The number of hydrogen-bond acceptors (Lipinski definition) is 4. The summed E-state index contributed by atoms with van der Waals surface area (Å²) in [6.07, 6.45) is 2.62. The molecular weight excluding hydrogens is 430 g/mol. The van der Waals surface area contributed by atoms with E-state index in [9.17, 15) is 18.4 Å². The minimum absolute atomic E-state index is 0.109. The molecule has 0 spiro atoms. The number of benzene rings is 2. The number of nitrogens with two attached hydrogens (primary N) is 1. The Hall–Kier alpha value is -3.75. The zero-order chi connectivity index (χ0) is 23.4. The van der Waals surface area contributed by atoms with Gasteiger partial charge >= 0.3 is 0 Å². The number of nitrogens with zero attached hydrogens (tertiary/aromatic N) is 3. The van der Waals surface area contributed by atoms with Crippen LogP contribution in [0.15, 0.2) is 54.7 Å². The number of likely N-dealkylation sites (tertiary alicyclic amines) is 1. The number of aromatic nitrogens is 2. The van der Waals surface area contributed by atoms with Crippen LogP contribution in [-0.4, -0.2) is 39.6 Å². The number of amides is 2. The first-order chi connectivity index (χ1) is 15.9. The van der Waals surface area contributed by atoms with Crippen molar-refractivity contribution in [3.05, 3.63) is 83.1 Å². The number of rotatable bonds is 7. The molecule has 2 aromatic carbocycles. The highest BCUT2D eigenvalue weighted by Crippen LogP contribution is 2.24. The fraction of sp³-hybridized carbons (Fsp3) is 0.292. The molecule has 0 atom stereocenters. The Morgan fingerprint density at radius 3 is 2.12 bits per heavy atom. The van der Waals surface area contributed by atoms with Gasteiger partial charge in [0.15, 0.2) is 0 Å². The number of carbonyl (C=O) groups is 2. The van der Waals surface area contributed by atoms with Crippen LogP contribution in [0.5, 0.6) is 5.88 Å². The predicted octanol–water partition coefficient (Wildman–Crippen LogP) is 3.13. The summed E-state index contributed by atoms with van der Waals surface area (Å²) in [6.45, 7) is 1.25. The zero-order valence-electron chi connectivity index (χ0n) is 17.9. The summed E-state index contributed by atoms with van der Waals surface area (Å²) >= 11 is 0. The topological polar surface area (TPSA) is 90.5 Å². The molecule has 1 aromatic heterocycles. The van der Waals surface area contributed by atoms with Crippen LogP contribution in [0.3, 0.4) is 0 Å². The molecule has 1 aliphatic rings. The van der Waals surface area contributed by atoms with E-state index >= 15 is 0 Å². The summed E-state index contributed by atoms with van der Waals surface area (Å²) in [5, 5.41) is 4.42. The van der Waals surface area contributed by atoms with Gasteiger partial charge in [-0.3, -0.25) is 14.3 Å². The van der Waals surface area contributed by atoms with Crippen LogP contribution in [0.1, 0.15) is 34.3 Å². The van der Waals surface area contributed by atoms with Crippen molar-refractivity contribution in [1.29, 1.82) is 0 Å². The SMILES string of the molecule is NC(=O)C1CCN(C(=O)c2cn(Cc3ccc(F)cc3)nc2OCc2ccc(F)cc2)CC1. The summed E-state index contributed by atoms with van der Waals surface area (Å²) in [6, 6.07) is 11.9. The predicted molar refractivity (Wildman–Crippen MR) is 116 cm³/mol. The minimum atomic E-state index is -0.350. The summed E-state index contributed by atoms with van der Waals surface area (Å²) in [5.41, 5.74) is 7.22. The van der Waals surface area contributed by atoms with Crippen LogP contribution in [-0.2, 0) is 17.9 Å². The molecule has 1 fully saturated rings. The normalized spacial score (nSPS) is 14.3. The second-order valence-electron chi connectivity index (χ2n) is 8.06. The van der Waals surface area contributed by atoms with Gasteiger partial charge in [-0.05, 0) is 48.2 Å². The van der Waals surface area contributed by atoms with Crippen molar-refractivity contribution in [2.45, 2.75) is 26.0 Å². The van der Waals surface area contributed by atoms with Crippen LogP contribution in [0.25, 0.3) is 0 Å². The minimum Gasteiger partial charge on any atom is -0.471 e. The first-order valence-electron chi connectivity index (χ1n) is 10.7. The van der Waals surface area contributed by atoms with Crippen molar-refractivity contribution in [1.82, 2.24) is 14.7 Å². The van der Waals surface area contributed by atoms with E-state index in [1.165, 1.54) is 24.3 Å². The third kappa shape index (κ3) is 5.54. The summed E-state index contributed by atoms with van der Waals surface area (Å²) in [4.78, 5) is 26.3. The van der Waals surface area contributed by atoms with Gasteiger partial charge in [0.05, 0.1) is 6.54 Å². The number of halogens is 2. The first kappa shape index (κ1) is 22.4. The highest BCUT2D eigenvalue weighted by Gasteiger charge is 2.29. The third-order valence-corrected chi connectivity index (χ3v) is 5.69. The Balaban J connectivity index is 1.54. The molecule has 7 nitrogen and oxygen atoms in total. The Labute approximate surface area is 189 Å². The number of ether oxygens (including phenoxy) is 1. The van der Waals surface area contributed by atoms with Crippen molar-refractivity contribution in [3.8, 4) is 5.88 Å². The first-order valence-corrected chi connectivity index (χ1v) is 10.7. The van der Waals surface area contributed by atoms with E-state index in [2.05, 4.69) is 5.10 Å². The maximum absolute atomic E-state index is 13.2. The van der Waals surface area contributed by atoms with Crippen LogP contribution in [0.4, 0.5) is 8.78 Å².